The second kappa shape index (κ2) is 5.47. The van der Waals surface area contributed by atoms with Gasteiger partial charge in [-0.25, -0.2) is 4.39 Å². The standard InChI is InChI=1S/C13H18FNO2/c1-15(8-13-3-2-4-17-13)12-6-10(9-16)5-11(14)7-12/h5-7,13,16H,2-4,8-9H2,1H3. The maximum Gasteiger partial charge on any atom is 0.125 e. The number of halogens is 1. The highest BCUT2D eigenvalue weighted by molar-refractivity contribution is 5.48. The molecule has 1 fully saturated rings. The minimum atomic E-state index is -0.314. The largest absolute Gasteiger partial charge is 0.392 e. The van der Waals surface area contributed by atoms with Crippen molar-refractivity contribution in [3.05, 3.63) is 29.6 Å². The summed E-state index contributed by atoms with van der Waals surface area (Å²) in [5.41, 5.74) is 1.38. The van der Waals surface area contributed by atoms with Crippen LogP contribution >= 0.6 is 0 Å². The summed E-state index contributed by atoms with van der Waals surface area (Å²) in [6.45, 7) is 1.44. The first-order chi connectivity index (χ1) is 8.19. The minimum absolute atomic E-state index is 0.140. The molecule has 0 aliphatic carbocycles. The molecule has 1 aliphatic rings. The number of hydrogen-bond donors (Lipinski definition) is 1. The zero-order chi connectivity index (χ0) is 12.3. The normalized spacial score (nSPS) is 19.6. The van der Waals surface area contributed by atoms with E-state index in [4.69, 9.17) is 9.84 Å². The average molecular weight is 239 g/mol. The number of benzene rings is 1. The van der Waals surface area contributed by atoms with Crippen LogP contribution in [0.3, 0.4) is 0 Å². The predicted octanol–water partition coefficient (Wildman–Crippen LogP) is 1.93. The quantitative estimate of drug-likeness (QED) is 0.871. The number of ether oxygens (including phenoxy) is 1. The lowest BCUT2D eigenvalue weighted by Crippen LogP contribution is -2.28. The second-order valence-electron chi connectivity index (χ2n) is 4.49. The highest BCUT2D eigenvalue weighted by Crippen LogP contribution is 2.20. The number of nitrogens with zero attached hydrogens (tertiary/aromatic N) is 1. The molecule has 0 spiro atoms. The fourth-order valence-electron chi connectivity index (χ4n) is 2.14. The van der Waals surface area contributed by atoms with Gasteiger partial charge in [-0.15, -0.1) is 0 Å². The summed E-state index contributed by atoms with van der Waals surface area (Å²) in [7, 11) is 1.91. The zero-order valence-electron chi connectivity index (χ0n) is 10.0. The van der Waals surface area contributed by atoms with Gasteiger partial charge in [0, 0.05) is 25.9 Å². The van der Waals surface area contributed by atoms with Gasteiger partial charge in [0.2, 0.25) is 0 Å². The van der Waals surface area contributed by atoms with Crippen molar-refractivity contribution in [2.45, 2.75) is 25.6 Å². The van der Waals surface area contributed by atoms with E-state index >= 15 is 0 Å². The van der Waals surface area contributed by atoms with Gasteiger partial charge in [-0.3, -0.25) is 0 Å². The lowest BCUT2D eigenvalue weighted by atomic mass is 10.1. The van der Waals surface area contributed by atoms with E-state index in [0.717, 1.165) is 31.7 Å². The number of aliphatic hydroxyl groups excluding tert-OH is 1. The van der Waals surface area contributed by atoms with Crippen molar-refractivity contribution >= 4 is 5.69 Å². The van der Waals surface area contributed by atoms with E-state index in [0.29, 0.717) is 5.56 Å². The lowest BCUT2D eigenvalue weighted by Gasteiger charge is -2.23. The Morgan fingerprint density at radius 3 is 2.94 bits per heavy atom. The summed E-state index contributed by atoms with van der Waals surface area (Å²) in [5.74, 6) is -0.314. The van der Waals surface area contributed by atoms with Crippen LogP contribution in [0.25, 0.3) is 0 Å². The number of rotatable bonds is 4. The Bertz CT molecular complexity index is 378. The topological polar surface area (TPSA) is 32.7 Å². The molecule has 0 radical (unpaired) electrons. The summed E-state index contributed by atoms with van der Waals surface area (Å²) in [4.78, 5) is 1.97. The van der Waals surface area contributed by atoms with Crippen LogP contribution in [-0.4, -0.2) is 31.4 Å². The molecule has 1 aliphatic heterocycles. The molecule has 1 N–H and O–H groups in total. The summed E-state index contributed by atoms with van der Waals surface area (Å²) in [5, 5.41) is 9.04. The Hall–Kier alpha value is -1.13. The number of hydrogen-bond acceptors (Lipinski definition) is 3. The molecule has 1 unspecified atom stereocenters. The zero-order valence-corrected chi connectivity index (χ0v) is 10.0. The molecule has 0 saturated carbocycles. The molecule has 94 valence electrons. The van der Waals surface area contributed by atoms with Crippen LogP contribution in [0, 0.1) is 5.82 Å². The number of aliphatic hydroxyl groups is 1. The first-order valence-corrected chi connectivity index (χ1v) is 5.92. The predicted molar refractivity (Wildman–Crippen MR) is 64.6 cm³/mol. The average Bonchev–Trinajstić information content (AvgIpc) is 2.81. The van der Waals surface area contributed by atoms with Crippen LogP contribution < -0.4 is 4.90 Å². The van der Waals surface area contributed by atoms with Crippen molar-refractivity contribution in [3.8, 4) is 0 Å². The molecular formula is C13H18FNO2. The molecule has 3 nitrogen and oxygen atoms in total. The summed E-state index contributed by atoms with van der Waals surface area (Å²) < 4.78 is 18.9. The van der Waals surface area contributed by atoms with Crippen LogP contribution in [0.4, 0.5) is 10.1 Å². The van der Waals surface area contributed by atoms with Gasteiger partial charge >= 0.3 is 0 Å². The van der Waals surface area contributed by atoms with Gasteiger partial charge in [-0.1, -0.05) is 0 Å². The van der Waals surface area contributed by atoms with E-state index in [9.17, 15) is 4.39 Å². The molecule has 1 saturated heterocycles. The van der Waals surface area contributed by atoms with Crippen LogP contribution in [-0.2, 0) is 11.3 Å². The molecular weight excluding hydrogens is 221 g/mol. The number of anilines is 1. The van der Waals surface area contributed by atoms with Crippen LogP contribution in [0.15, 0.2) is 18.2 Å². The fraction of sp³-hybridized carbons (Fsp3) is 0.538. The molecule has 1 aromatic carbocycles. The molecule has 2 rings (SSSR count). The third-order valence-electron chi connectivity index (χ3n) is 3.07. The van der Waals surface area contributed by atoms with Crippen molar-refractivity contribution in [1.82, 2.24) is 0 Å². The van der Waals surface area contributed by atoms with E-state index in [2.05, 4.69) is 0 Å². The SMILES string of the molecule is CN(CC1CCCO1)c1cc(F)cc(CO)c1. The van der Waals surface area contributed by atoms with Crippen molar-refractivity contribution in [2.75, 3.05) is 25.1 Å². The van der Waals surface area contributed by atoms with Crippen LogP contribution in [0.1, 0.15) is 18.4 Å². The van der Waals surface area contributed by atoms with Crippen molar-refractivity contribution in [2.24, 2.45) is 0 Å². The summed E-state index contributed by atoms with van der Waals surface area (Å²) >= 11 is 0. The van der Waals surface area contributed by atoms with E-state index in [1.165, 1.54) is 12.1 Å². The smallest absolute Gasteiger partial charge is 0.125 e. The van der Waals surface area contributed by atoms with E-state index in [1.807, 2.05) is 11.9 Å². The van der Waals surface area contributed by atoms with Crippen molar-refractivity contribution in [3.63, 3.8) is 0 Å². The highest BCUT2D eigenvalue weighted by atomic mass is 19.1. The van der Waals surface area contributed by atoms with Gasteiger partial charge in [-0.2, -0.15) is 0 Å². The third kappa shape index (κ3) is 3.17. The second-order valence-corrected chi connectivity index (χ2v) is 4.49. The molecule has 1 atom stereocenters. The fourth-order valence-corrected chi connectivity index (χ4v) is 2.14. The monoisotopic (exact) mass is 239 g/mol. The molecule has 0 bridgehead atoms. The van der Waals surface area contributed by atoms with Crippen molar-refractivity contribution in [1.29, 1.82) is 0 Å². The molecule has 1 heterocycles. The number of likely N-dealkylation sites (N-methyl/N-ethyl adjacent to an activating group) is 1. The van der Waals surface area contributed by atoms with Gasteiger partial charge in [0.15, 0.2) is 0 Å². The van der Waals surface area contributed by atoms with Crippen LogP contribution in [0.5, 0.6) is 0 Å². The maximum absolute atomic E-state index is 13.3. The summed E-state index contributed by atoms with van der Waals surface area (Å²) in [6.07, 6.45) is 2.40. The first-order valence-electron chi connectivity index (χ1n) is 5.92. The van der Waals surface area contributed by atoms with Gasteiger partial charge in [-0.05, 0) is 36.6 Å². The Morgan fingerprint density at radius 2 is 2.29 bits per heavy atom. The molecule has 0 aromatic heterocycles. The lowest BCUT2D eigenvalue weighted by molar-refractivity contribution is 0.116. The van der Waals surface area contributed by atoms with Gasteiger partial charge in [0.1, 0.15) is 5.82 Å². The van der Waals surface area contributed by atoms with Gasteiger partial charge in [0.05, 0.1) is 12.7 Å². The minimum Gasteiger partial charge on any atom is -0.392 e. The maximum atomic E-state index is 13.3. The Balaban J connectivity index is 2.06. The Morgan fingerprint density at radius 1 is 1.47 bits per heavy atom. The Labute approximate surface area is 101 Å². The molecule has 1 aromatic rings. The van der Waals surface area contributed by atoms with E-state index < -0.39 is 0 Å². The summed E-state index contributed by atoms with van der Waals surface area (Å²) in [6, 6.07) is 4.63. The van der Waals surface area contributed by atoms with Crippen molar-refractivity contribution < 1.29 is 14.2 Å². The highest BCUT2D eigenvalue weighted by Gasteiger charge is 2.18. The Kier molecular flexibility index (Phi) is 3.97. The third-order valence-corrected chi connectivity index (χ3v) is 3.07. The first kappa shape index (κ1) is 12.3. The molecule has 4 heteroatoms. The molecule has 17 heavy (non-hydrogen) atoms. The van der Waals surface area contributed by atoms with Crippen LogP contribution in [0.2, 0.25) is 0 Å². The van der Waals surface area contributed by atoms with E-state index in [1.54, 1.807) is 6.07 Å². The molecule has 0 amide bonds. The van der Waals surface area contributed by atoms with E-state index in [-0.39, 0.29) is 18.5 Å². The van der Waals surface area contributed by atoms with Gasteiger partial charge in [0.25, 0.3) is 0 Å². The van der Waals surface area contributed by atoms with Gasteiger partial charge < -0.3 is 14.7 Å².